The van der Waals surface area contributed by atoms with Crippen LogP contribution < -0.4 is 5.73 Å². The minimum absolute atomic E-state index is 0.114. The highest BCUT2D eigenvalue weighted by atomic mass is 16.6. The van der Waals surface area contributed by atoms with Crippen LogP contribution in [0.5, 0.6) is 0 Å². The number of hydrogen-bond acceptors (Lipinski definition) is 5. The molecule has 8 heteroatoms. The number of benzene rings is 1. The van der Waals surface area contributed by atoms with Crippen molar-refractivity contribution in [2.75, 3.05) is 6.54 Å². The summed E-state index contributed by atoms with van der Waals surface area (Å²) >= 11 is 0. The second kappa shape index (κ2) is 9.32. The Morgan fingerprint density at radius 1 is 1.07 bits per heavy atom. The molecule has 0 aliphatic heterocycles. The van der Waals surface area contributed by atoms with Gasteiger partial charge < -0.3 is 20.1 Å². The molecule has 1 rings (SSSR count). The number of guanidine groups is 1. The number of nitrogens with one attached hydrogen (secondary N) is 1. The van der Waals surface area contributed by atoms with Gasteiger partial charge in [-0.05, 0) is 47.1 Å². The lowest BCUT2D eigenvalue weighted by Gasteiger charge is -2.39. The second-order valence-corrected chi connectivity index (χ2v) is 8.33. The van der Waals surface area contributed by atoms with E-state index < -0.39 is 35.5 Å². The number of carbonyl (C=O) groups excluding carboxylic acids is 2. The predicted molar refractivity (Wildman–Crippen MR) is 111 cm³/mol. The highest BCUT2D eigenvalue weighted by Crippen LogP contribution is 2.29. The molecule has 0 radical (unpaired) electrons. The Morgan fingerprint density at radius 2 is 1.52 bits per heavy atom. The first-order valence-corrected chi connectivity index (χ1v) is 9.11. The zero-order valence-electron chi connectivity index (χ0n) is 17.9. The van der Waals surface area contributed by atoms with Crippen molar-refractivity contribution in [1.29, 1.82) is 5.41 Å². The molecule has 2 amide bonds. The van der Waals surface area contributed by atoms with Crippen molar-refractivity contribution >= 4 is 18.1 Å². The molecule has 1 aromatic carbocycles. The molecule has 0 fully saturated rings. The molecule has 0 spiro atoms. The average molecular weight is 402 g/mol. The summed E-state index contributed by atoms with van der Waals surface area (Å²) in [6, 6.07) is 8.64. The van der Waals surface area contributed by atoms with Gasteiger partial charge in [-0.25, -0.2) is 9.59 Å². The Morgan fingerprint density at radius 3 is 1.86 bits per heavy atom. The van der Waals surface area contributed by atoms with E-state index in [-0.39, 0.29) is 6.54 Å². The molecule has 0 aliphatic carbocycles. The third kappa shape index (κ3) is 7.37. The van der Waals surface area contributed by atoms with Crippen LogP contribution >= 0.6 is 0 Å². The quantitative estimate of drug-likeness (QED) is 0.344. The number of imide groups is 1. The fraction of sp³-hybridized carbons (Fsp3) is 0.476. The molecule has 0 aromatic heterocycles. The van der Waals surface area contributed by atoms with Crippen LogP contribution in [0, 0.1) is 17.8 Å². The topological polar surface area (TPSA) is 109 Å². The zero-order valence-corrected chi connectivity index (χ0v) is 17.9. The number of hydrogen-bond donors (Lipinski definition) is 2. The van der Waals surface area contributed by atoms with E-state index in [0.29, 0.717) is 5.56 Å². The van der Waals surface area contributed by atoms with Gasteiger partial charge in [0.1, 0.15) is 17.4 Å². The molecule has 1 unspecified atom stereocenters. The van der Waals surface area contributed by atoms with Crippen LogP contribution in [-0.4, -0.2) is 45.7 Å². The molecule has 0 aliphatic rings. The van der Waals surface area contributed by atoms with E-state index in [0.717, 1.165) is 4.90 Å². The van der Waals surface area contributed by atoms with Crippen molar-refractivity contribution < 1.29 is 19.1 Å². The van der Waals surface area contributed by atoms with E-state index in [1.807, 2.05) is 0 Å². The second-order valence-electron chi connectivity index (χ2n) is 8.33. The largest absolute Gasteiger partial charge is 0.443 e. The number of nitrogens with zero attached hydrogens (tertiary/aromatic N) is 2. The SMILES string of the molecule is C#CCN(C(=N)N)C(c1ccccc1)N(C(=O)OC(C)(C)C)C(=O)OC(C)(C)C. The maximum atomic E-state index is 13.0. The van der Waals surface area contributed by atoms with Gasteiger partial charge >= 0.3 is 12.2 Å². The summed E-state index contributed by atoms with van der Waals surface area (Å²) in [6.07, 6.45) is 2.43. The van der Waals surface area contributed by atoms with E-state index in [1.54, 1.807) is 71.9 Å². The summed E-state index contributed by atoms with van der Waals surface area (Å²) in [4.78, 5) is 28.1. The highest BCUT2D eigenvalue weighted by molar-refractivity contribution is 5.89. The Hall–Kier alpha value is -3.21. The van der Waals surface area contributed by atoms with E-state index in [2.05, 4.69) is 5.92 Å². The van der Waals surface area contributed by atoms with E-state index >= 15 is 0 Å². The van der Waals surface area contributed by atoms with Crippen LogP contribution in [0.1, 0.15) is 53.3 Å². The molecule has 0 bridgehead atoms. The monoisotopic (exact) mass is 402 g/mol. The van der Waals surface area contributed by atoms with Gasteiger partial charge in [-0.15, -0.1) is 6.42 Å². The minimum atomic E-state index is -1.13. The molecule has 158 valence electrons. The number of ether oxygens (including phenoxy) is 2. The van der Waals surface area contributed by atoms with Crippen LogP contribution in [0.2, 0.25) is 0 Å². The molecular weight excluding hydrogens is 372 g/mol. The Labute approximate surface area is 172 Å². The highest BCUT2D eigenvalue weighted by Gasteiger charge is 2.40. The molecule has 8 nitrogen and oxygen atoms in total. The molecular formula is C21H30N4O4. The van der Waals surface area contributed by atoms with Gasteiger partial charge in [0.25, 0.3) is 0 Å². The summed E-state index contributed by atoms with van der Waals surface area (Å²) in [6.45, 7) is 9.97. The number of nitrogens with two attached hydrogens (primary N) is 1. The summed E-state index contributed by atoms with van der Waals surface area (Å²) in [5.41, 5.74) is 4.51. The van der Waals surface area contributed by atoms with Crippen molar-refractivity contribution in [2.45, 2.75) is 58.9 Å². The van der Waals surface area contributed by atoms with Crippen molar-refractivity contribution in [3.05, 3.63) is 35.9 Å². The molecule has 0 saturated heterocycles. The first-order chi connectivity index (χ1) is 13.3. The summed E-state index contributed by atoms with van der Waals surface area (Å²) < 4.78 is 10.9. The van der Waals surface area contributed by atoms with Crippen LogP contribution in [0.25, 0.3) is 0 Å². The molecule has 3 N–H and O–H groups in total. The summed E-state index contributed by atoms with van der Waals surface area (Å²) in [5, 5.41) is 7.95. The molecule has 1 aromatic rings. The third-order valence-corrected chi connectivity index (χ3v) is 3.39. The number of terminal acetylenes is 1. The smallest absolute Gasteiger partial charge is 0.421 e. The van der Waals surface area contributed by atoms with Gasteiger partial charge in [-0.3, -0.25) is 5.41 Å². The van der Waals surface area contributed by atoms with Crippen molar-refractivity contribution in [3.8, 4) is 12.3 Å². The van der Waals surface area contributed by atoms with Crippen molar-refractivity contribution in [2.24, 2.45) is 5.73 Å². The lowest BCUT2D eigenvalue weighted by atomic mass is 10.1. The lowest BCUT2D eigenvalue weighted by Crippen LogP contribution is -2.53. The van der Waals surface area contributed by atoms with Gasteiger partial charge in [0, 0.05) is 0 Å². The average Bonchev–Trinajstić information content (AvgIpc) is 2.55. The van der Waals surface area contributed by atoms with Gasteiger partial charge in [0.05, 0.1) is 6.54 Å². The Balaban J connectivity index is 3.60. The zero-order chi connectivity index (χ0) is 22.4. The maximum Gasteiger partial charge on any atom is 0.421 e. The van der Waals surface area contributed by atoms with Crippen LogP contribution in [0.4, 0.5) is 9.59 Å². The van der Waals surface area contributed by atoms with E-state index in [1.165, 1.54) is 4.90 Å². The summed E-state index contributed by atoms with van der Waals surface area (Å²) in [5.74, 6) is 1.99. The van der Waals surface area contributed by atoms with Crippen molar-refractivity contribution in [1.82, 2.24) is 9.80 Å². The number of carbonyl (C=O) groups is 2. The van der Waals surface area contributed by atoms with Crippen LogP contribution in [-0.2, 0) is 9.47 Å². The van der Waals surface area contributed by atoms with Crippen LogP contribution in [0.3, 0.4) is 0 Å². The standard InChI is InChI=1S/C21H30N4O4/c1-8-14-24(17(22)23)16(15-12-10-9-11-13-15)25(18(26)28-20(2,3)4)19(27)29-21(5,6)7/h1,9-13,16H,14H2,2-7H3,(H3,22,23). The fourth-order valence-electron chi connectivity index (χ4n) is 2.39. The van der Waals surface area contributed by atoms with Crippen molar-refractivity contribution in [3.63, 3.8) is 0 Å². The molecule has 29 heavy (non-hydrogen) atoms. The normalized spacial score (nSPS) is 12.3. The predicted octanol–water partition coefficient (Wildman–Crippen LogP) is 3.69. The Kier molecular flexibility index (Phi) is 7.66. The van der Waals surface area contributed by atoms with Gasteiger partial charge in [0.2, 0.25) is 0 Å². The molecule has 0 saturated carbocycles. The van der Waals surface area contributed by atoms with Gasteiger partial charge in [-0.2, -0.15) is 4.90 Å². The first kappa shape index (κ1) is 23.8. The van der Waals surface area contributed by atoms with E-state index in [9.17, 15) is 9.59 Å². The van der Waals surface area contributed by atoms with Crippen LogP contribution in [0.15, 0.2) is 30.3 Å². The lowest BCUT2D eigenvalue weighted by molar-refractivity contribution is -0.0204. The maximum absolute atomic E-state index is 13.0. The number of rotatable bonds is 4. The number of amides is 2. The van der Waals surface area contributed by atoms with Gasteiger partial charge in [-0.1, -0.05) is 36.3 Å². The molecule has 1 atom stereocenters. The van der Waals surface area contributed by atoms with Gasteiger partial charge in [0.15, 0.2) is 5.96 Å². The third-order valence-electron chi connectivity index (χ3n) is 3.39. The Bertz CT molecular complexity index is 745. The fourth-order valence-corrected chi connectivity index (χ4v) is 2.39. The van der Waals surface area contributed by atoms with E-state index in [4.69, 9.17) is 27.0 Å². The first-order valence-electron chi connectivity index (χ1n) is 9.11. The molecule has 0 heterocycles. The summed E-state index contributed by atoms with van der Waals surface area (Å²) in [7, 11) is 0. The minimum Gasteiger partial charge on any atom is -0.443 e.